The Morgan fingerprint density at radius 3 is 1.81 bits per heavy atom. The summed E-state index contributed by atoms with van der Waals surface area (Å²) in [7, 11) is 0. The molecule has 21 heavy (non-hydrogen) atoms. The SMILES string of the molecule is NC(N)=N/N=C\c1c([N+](=O)[O-])cc([N+](=O)[O-])cc1[N+](=O)[O-]. The number of guanidine groups is 1. The molecule has 0 amide bonds. The van der Waals surface area contributed by atoms with Crippen molar-refractivity contribution >= 4 is 29.2 Å². The second kappa shape index (κ2) is 6.00. The van der Waals surface area contributed by atoms with Crippen LogP contribution in [0.1, 0.15) is 5.56 Å². The summed E-state index contributed by atoms with van der Waals surface area (Å²) in [6.07, 6.45) is 0.666. The molecule has 0 unspecified atom stereocenters. The molecule has 4 N–H and O–H groups in total. The van der Waals surface area contributed by atoms with Gasteiger partial charge in [-0.1, -0.05) is 0 Å². The van der Waals surface area contributed by atoms with E-state index in [0.717, 1.165) is 0 Å². The fraction of sp³-hybridized carbons (Fsp3) is 0. The molecule has 13 heteroatoms. The third-order valence-electron chi connectivity index (χ3n) is 2.09. The zero-order valence-corrected chi connectivity index (χ0v) is 10.1. The lowest BCUT2D eigenvalue weighted by Crippen LogP contribution is -2.21. The van der Waals surface area contributed by atoms with Gasteiger partial charge in [0.05, 0.1) is 33.1 Å². The number of nitrogens with zero attached hydrogens (tertiary/aromatic N) is 5. The van der Waals surface area contributed by atoms with E-state index in [9.17, 15) is 30.3 Å². The standard InChI is InChI=1S/C8H7N7O6/c9-8(10)12-11-3-5-6(14(18)19)1-4(13(16)17)2-7(5)15(20)21/h1-3H,(H4,9,10,12)/b11-3-. The highest BCUT2D eigenvalue weighted by Crippen LogP contribution is 2.32. The zero-order chi connectivity index (χ0) is 16.2. The van der Waals surface area contributed by atoms with Crippen LogP contribution in [-0.2, 0) is 0 Å². The van der Waals surface area contributed by atoms with Gasteiger partial charge in [0.2, 0.25) is 5.96 Å². The van der Waals surface area contributed by atoms with Crippen LogP contribution < -0.4 is 11.5 Å². The van der Waals surface area contributed by atoms with Crippen LogP contribution in [0.2, 0.25) is 0 Å². The summed E-state index contributed by atoms with van der Waals surface area (Å²) in [5.74, 6) is -0.474. The lowest BCUT2D eigenvalue weighted by molar-refractivity contribution is -0.403. The molecule has 0 saturated heterocycles. The third kappa shape index (κ3) is 3.66. The quantitative estimate of drug-likeness (QED) is 0.326. The highest BCUT2D eigenvalue weighted by atomic mass is 16.6. The fourth-order valence-corrected chi connectivity index (χ4v) is 1.30. The predicted molar refractivity (Wildman–Crippen MR) is 69.8 cm³/mol. The van der Waals surface area contributed by atoms with Crippen LogP contribution in [-0.4, -0.2) is 26.9 Å². The molecular weight excluding hydrogens is 290 g/mol. The summed E-state index contributed by atoms with van der Waals surface area (Å²) in [4.78, 5) is 29.4. The smallest absolute Gasteiger partial charge is 0.292 e. The van der Waals surface area contributed by atoms with E-state index in [1.54, 1.807) is 0 Å². The highest BCUT2D eigenvalue weighted by Gasteiger charge is 2.29. The van der Waals surface area contributed by atoms with Crippen molar-refractivity contribution in [2.24, 2.45) is 21.7 Å². The number of hydrogen-bond acceptors (Lipinski definition) is 8. The van der Waals surface area contributed by atoms with Gasteiger partial charge in [0.25, 0.3) is 17.1 Å². The average molecular weight is 297 g/mol. The van der Waals surface area contributed by atoms with Crippen LogP contribution in [0.3, 0.4) is 0 Å². The van der Waals surface area contributed by atoms with Gasteiger partial charge in [-0.05, 0) is 0 Å². The topological polar surface area (TPSA) is 206 Å². The molecule has 1 rings (SSSR count). The first-order chi connectivity index (χ1) is 9.73. The van der Waals surface area contributed by atoms with Crippen molar-refractivity contribution in [2.75, 3.05) is 0 Å². The zero-order valence-electron chi connectivity index (χ0n) is 10.1. The molecule has 0 atom stereocenters. The monoisotopic (exact) mass is 297 g/mol. The number of non-ortho nitro benzene ring substituents is 1. The Labute approximate surface area is 115 Å². The second-order valence-corrected chi connectivity index (χ2v) is 3.44. The molecule has 1 aromatic carbocycles. The highest BCUT2D eigenvalue weighted by molar-refractivity contribution is 5.92. The third-order valence-corrected chi connectivity index (χ3v) is 2.09. The van der Waals surface area contributed by atoms with Crippen molar-refractivity contribution in [3.63, 3.8) is 0 Å². The summed E-state index contributed by atoms with van der Waals surface area (Å²) in [5.41, 5.74) is 6.84. The van der Waals surface area contributed by atoms with Gasteiger partial charge in [-0.15, -0.1) is 5.10 Å². The normalized spacial score (nSPS) is 10.3. The first-order valence-electron chi connectivity index (χ1n) is 4.97. The molecule has 0 spiro atoms. The Morgan fingerprint density at radius 2 is 1.48 bits per heavy atom. The molecule has 110 valence electrons. The predicted octanol–water partition coefficient (Wildman–Crippen LogP) is 0.0185. The number of hydrogen-bond donors (Lipinski definition) is 2. The lowest BCUT2D eigenvalue weighted by Gasteiger charge is -1.99. The molecule has 0 aliphatic heterocycles. The Balaban J connectivity index is 3.61. The van der Waals surface area contributed by atoms with Gasteiger partial charge < -0.3 is 11.5 Å². The number of nitro groups is 3. The fourth-order valence-electron chi connectivity index (χ4n) is 1.30. The number of nitro benzene ring substituents is 3. The van der Waals surface area contributed by atoms with Gasteiger partial charge in [0.1, 0.15) is 0 Å². The molecule has 0 radical (unpaired) electrons. The minimum Gasteiger partial charge on any atom is -0.369 e. The van der Waals surface area contributed by atoms with E-state index >= 15 is 0 Å². The van der Waals surface area contributed by atoms with Gasteiger partial charge >= 0.3 is 0 Å². The van der Waals surface area contributed by atoms with Crippen molar-refractivity contribution in [1.29, 1.82) is 0 Å². The average Bonchev–Trinajstić information content (AvgIpc) is 2.37. The van der Waals surface area contributed by atoms with Gasteiger partial charge in [-0.2, -0.15) is 5.10 Å². The van der Waals surface area contributed by atoms with E-state index < -0.39 is 43.4 Å². The van der Waals surface area contributed by atoms with Crippen LogP contribution in [0.15, 0.2) is 22.3 Å². The first kappa shape index (κ1) is 15.4. The minimum absolute atomic E-state index is 0.474. The molecule has 0 aromatic heterocycles. The molecule has 0 bridgehead atoms. The number of benzene rings is 1. The second-order valence-electron chi connectivity index (χ2n) is 3.44. The van der Waals surface area contributed by atoms with Gasteiger partial charge in [-0.25, -0.2) is 0 Å². The van der Waals surface area contributed by atoms with E-state index in [1.807, 2.05) is 0 Å². The number of nitrogens with two attached hydrogens (primary N) is 2. The van der Waals surface area contributed by atoms with Crippen LogP contribution in [0.5, 0.6) is 0 Å². The molecule has 0 fully saturated rings. The maximum absolute atomic E-state index is 10.9. The van der Waals surface area contributed by atoms with Crippen molar-refractivity contribution in [3.8, 4) is 0 Å². The summed E-state index contributed by atoms with van der Waals surface area (Å²) in [6.45, 7) is 0. The van der Waals surface area contributed by atoms with Crippen molar-refractivity contribution in [1.82, 2.24) is 0 Å². The first-order valence-corrected chi connectivity index (χ1v) is 4.97. The van der Waals surface area contributed by atoms with Crippen molar-refractivity contribution in [2.45, 2.75) is 0 Å². The van der Waals surface area contributed by atoms with Crippen LogP contribution in [0.25, 0.3) is 0 Å². The molecule has 0 aliphatic carbocycles. The van der Waals surface area contributed by atoms with Crippen LogP contribution in [0.4, 0.5) is 17.1 Å². The van der Waals surface area contributed by atoms with Gasteiger partial charge in [-0.3, -0.25) is 30.3 Å². The van der Waals surface area contributed by atoms with Crippen molar-refractivity contribution in [3.05, 3.63) is 48.0 Å². The molecule has 0 heterocycles. The van der Waals surface area contributed by atoms with Gasteiger partial charge in [0, 0.05) is 0 Å². The maximum atomic E-state index is 10.9. The van der Waals surface area contributed by atoms with E-state index in [-0.39, 0.29) is 0 Å². The molecule has 1 aromatic rings. The van der Waals surface area contributed by atoms with Crippen LogP contribution in [0, 0.1) is 30.3 Å². The van der Waals surface area contributed by atoms with Gasteiger partial charge in [0.15, 0.2) is 5.56 Å². The molecule has 0 saturated carbocycles. The maximum Gasteiger partial charge on any atom is 0.292 e. The number of rotatable bonds is 5. The van der Waals surface area contributed by atoms with E-state index in [0.29, 0.717) is 18.3 Å². The Morgan fingerprint density at radius 1 is 1.00 bits per heavy atom. The largest absolute Gasteiger partial charge is 0.369 e. The van der Waals surface area contributed by atoms with E-state index in [4.69, 9.17) is 11.5 Å². The summed E-state index contributed by atoms with van der Waals surface area (Å²) < 4.78 is 0. The van der Waals surface area contributed by atoms with Crippen LogP contribution >= 0.6 is 0 Å². The lowest BCUT2D eigenvalue weighted by atomic mass is 10.1. The molecule has 13 nitrogen and oxygen atoms in total. The molecule has 0 aliphatic rings. The Hall–Kier alpha value is -3.64. The van der Waals surface area contributed by atoms with Crippen molar-refractivity contribution < 1.29 is 14.8 Å². The van der Waals surface area contributed by atoms with E-state index in [2.05, 4.69) is 10.2 Å². The molecular formula is C8H7N7O6. The van der Waals surface area contributed by atoms with E-state index in [1.165, 1.54) is 0 Å². The minimum atomic E-state index is -1.02. The Kier molecular flexibility index (Phi) is 4.41. The summed E-state index contributed by atoms with van der Waals surface area (Å²) in [6, 6.07) is 1.15. The Bertz CT molecular complexity index is 643. The summed E-state index contributed by atoms with van der Waals surface area (Å²) in [5, 5.41) is 38.8. The summed E-state index contributed by atoms with van der Waals surface area (Å²) >= 11 is 0.